The average Bonchev–Trinajstić information content (AvgIpc) is 2.81. The zero-order chi connectivity index (χ0) is 16.3. The van der Waals surface area contributed by atoms with Crippen molar-refractivity contribution in [1.29, 1.82) is 0 Å². The molecule has 3 heteroatoms. The highest BCUT2D eigenvalue weighted by atomic mass is 16.3. The molecule has 0 radical (unpaired) electrons. The van der Waals surface area contributed by atoms with E-state index in [0.717, 1.165) is 57.9 Å². The highest BCUT2D eigenvalue weighted by Gasteiger charge is 2.44. The normalized spacial score (nSPS) is 30.0. The smallest absolute Gasteiger partial charge is 0.229 e. The Morgan fingerprint density at radius 2 is 1.76 bits per heavy atom. The number of aliphatic hydroxyl groups excluding tert-OH is 1. The Morgan fingerprint density at radius 3 is 2.48 bits per heavy atom. The van der Waals surface area contributed by atoms with E-state index in [1.165, 1.54) is 5.56 Å². The van der Waals surface area contributed by atoms with Gasteiger partial charge in [0.05, 0.1) is 11.5 Å². The van der Waals surface area contributed by atoms with Crippen molar-refractivity contribution in [3.8, 4) is 0 Å². The minimum atomic E-state index is -0.262. The van der Waals surface area contributed by atoms with Crippen LogP contribution in [0.3, 0.4) is 0 Å². The summed E-state index contributed by atoms with van der Waals surface area (Å²) in [5, 5.41) is 9.93. The Hall–Kier alpha value is -1.35. The molecule has 3 atom stereocenters. The number of rotatable bonds is 3. The van der Waals surface area contributed by atoms with E-state index < -0.39 is 0 Å². The van der Waals surface area contributed by atoms with Gasteiger partial charge < -0.3 is 10.0 Å². The van der Waals surface area contributed by atoms with Gasteiger partial charge in [0.2, 0.25) is 5.91 Å². The van der Waals surface area contributed by atoms with Gasteiger partial charge in [-0.2, -0.15) is 0 Å². The molecule has 1 heterocycles. The number of hydrogen-bond acceptors (Lipinski definition) is 2. The van der Waals surface area contributed by atoms with Crippen molar-refractivity contribution in [2.75, 3.05) is 6.54 Å². The van der Waals surface area contributed by atoms with Crippen LogP contribution in [0.25, 0.3) is 0 Å². The van der Waals surface area contributed by atoms with E-state index >= 15 is 0 Å². The van der Waals surface area contributed by atoms with Crippen LogP contribution in [-0.2, 0) is 11.2 Å². The topological polar surface area (TPSA) is 40.5 Å². The van der Waals surface area contributed by atoms with E-state index in [4.69, 9.17) is 0 Å². The lowest BCUT2D eigenvalue weighted by molar-refractivity contribution is -0.137. The van der Waals surface area contributed by atoms with Crippen LogP contribution in [-0.4, -0.2) is 34.6 Å². The highest BCUT2D eigenvalue weighted by Crippen LogP contribution is 2.38. The number of carbonyl (C=O) groups is 1. The van der Waals surface area contributed by atoms with Gasteiger partial charge >= 0.3 is 0 Å². The number of nitrogens with zero attached hydrogens (tertiary/aromatic N) is 1. The molecular formula is C22H37NO2. The first-order valence-electron chi connectivity index (χ1n) is 9.11. The fourth-order valence-electron chi connectivity index (χ4n) is 4.23. The summed E-state index contributed by atoms with van der Waals surface area (Å²) < 4.78 is 0. The van der Waals surface area contributed by atoms with Gasteiger partial charge in [0.1, 0.15) is 0 Å². The molecule has 1 aliphatic carbocycles. The van der Waals surface area contributed by atoms with Gasteiger partial charge in [0.25, 0.3) is 0 Å². The first-order valence-corrected chi connectivity index (χ1v) is 9.11. The molecule has 1 aromatic carbocycles. The molecule has 1 aliphatic heterocycles. The lowest BCUT2D eigenvalue weighted by Gasteiger charge is -2.32. The molecule has 3 rings (SSSR count). The third-order valence-electron chi connectivity index (χ3n) is 5.72. The number of carbonyl (C=O) groups excluding carboxylic acids is 1. The fourth-order valence-corrected chi connectivity index (χ4v) is 4.23. The van der Waals surface area contributed by atoms with Gasteiger partial charge in [-0.05, 0) is 44.1 Å². The predicted octanol–water partition coefficient (Wildman–Crippen LogP) is 4.82. The highest BCUT2D eigenvalue weighted by molar-refractivity contribution is 5.85. The van der Waals surface area contributed by atoms with Crippen molar-refractivity contribution in [3.63, 3.8) is 0 Å². The van der Waals surface area contributed by atoms with Crippen molar-refractivity contribution in [3.05, 3.63) is 35.9 Å². The third kappa shape index (κ3) is 5.07. The molecule has 3 nitrogen and oxygen atoms in total. The minimum Gasteiger partial charge on any atom is -0.393 e. The molecule has 0 bridgehead atoms. The van der Waals surface area contributed by atoms with Gasteiger partial charge in [-0.15, -0.1) is 0 Å². The first-order chi connectivity index (χ1) is 11.1. The van der Waals surface area contributed by atoms with E-state index in [1.54, 1.807) is 0 Å². The molecule has 3 unspecified atom stereocenters. The maximum Gasteiger partial charge on any atom is 0.229 e. The molecule has 1 saturated carbocycles. The molecule has 1 amide bonds. The van der Waals surface area contributed by atoms with Gasteiger partial charge in [-0.25, -0.2) is 0 Å². The largest absolute Gasteiger partial charge is 0.393 e. The van der Waals surface area contributed by atoms with Crippen LogP contribution in [0.4, 0.5) is 0 Å². The molecule has 2 aliphatic rings. The van der Waals surface area contributed by atoms with Crippen LogP contribution >= 0.6 is 0 Å². The Bertz CT molecular complexity index is 530. The Kier molecular flexibility index (Phi) is 8.14. The lowest BCUT2D eigenvalue weighted by atomic mass is 9.82. The van der Waals surface area contributed by atoms with Crippen LogP contribution in [0.15, 0.2) is 30.3 Å². The van der Waals surface area contributed by atoms with E-state index in [9.17, 15) is 9.90 Å². The number of aliphatic hydroxyl groups is 1. The second-order valence-corrected chi connectivity index (χ2v) is 7.64. The zero-order valence-electron chi connectivity index (χ0n) is 14.2. The third-order valence-corrected chi connectivity index (χ3v) is 5.72. The monoisotopic (exact) mass is 347 g/mol. The fraction of sp³-hybridized carbons (Fsp3) is 0.682. The Morgan fingerprint density at radius 1 is 1.08 bits per heavy atom. The first kappa shape index (κ1) is 21.7. The van der Waals surface area contributed by atoms with Crippen molar-refractivity contribution in [1.82, 2.24) is 4.90 Å². The van der Waals surface area contributed by atoms with E-state index in [2.05, 4.69) is 24.0 Å². The molecule has 142 valence electrons. The van der Waals surface area contributed by atoms with Crippen LogP contribution in [0.2, 0.25) is 0 Å². The van der Waals surface area contributed by atoms with E-state index in [-0.39, 0.29) is 26.4 Å². The van der Waals surface area contributed by atoms with Crippen LogP contribution < -0.4 is 0 Å². The predicted molar refractivity (Wildman–Crippen MR) is 106 cm³/mol. The quantitative estimate of drug-likeness (QED) is 0.851. The molecule has 1 aromatic rings. The second kappa shape index (κ2) is 9.38. The van der Waals surface area contributed by atoms with Crippen LogP contribution in [0.1, 0.15) is 72.3 Å². The molecule has 1 N–H and O–H groups in total. The summed E-state index contributed by atoms with van der Waals surface area (Å²) in [5.74, 6) is 0.321. The van der Waals surface area contributed by atoms with Gasteiger partial charge in [-0.1, -0.05) is 65.0 Å². The maximum atomic E-state index is 13.1. The SMILES string of the molecule is C.C.CC1(Cc2ccccc2)CCN(C2CCCCC(O)CC2)C1=O. The molecule has 0 spiro atoms. The lowest BCUT2D eigenvalue weighted by Crippen LogP contribution is -2.41. The molecule has 25 heavy (non-hydrogen) atoms. The van der Waals surface area contributed by atoms with Crippen LogP contribution in [0, 0.1) is 5.41 Å². The summed E-state index contributed by atoms with van der Waals surface area (Å²) in [4.78, 5) is 15.2. The van der Waals surface area contributed by atoms with Crippen LogP contribution in [0.5, 0.6) is 0 Å². The average molecular weight is 348 g/mol. The zero-order valence-corrected chi connectivity index (χ0v) is 14.2. The van der Waals surface area contributed by atoms with E-state index in [1.807, 2.05) is 18.2 Å². The minimum absolute atomic E-state index is 0. The van der Waals surface area contributed by atoms with Crippen molar-refractivity contribution in [2.45, 2.75) is 85.3 Å². The molecule has 2 fully saturated rings. The molecule has 0 aromatic heterocycles. The van der Waals surface area contributed by atoms with E-state index in [0.29, 0.717) is 11.9 Å². The summed E-state index contributed by atoms with van der Waals surface area (Å²) in [7, 11) is 0. The summed E-state index contributed by atoms with van der Waals surface area (Å²) in [6.45, 7) is 3.00. The number of benzene rings is 1. The Labute approximate surface area is 154 Å². The number of likely N-dealkylation sites (tertiary alicyclic amines) is 1. The summed E-state index contributed by atoms with van der Waals surface area (Å²) >= 11 is 0. The van der Waals surface area contributed by atoms with Crippen molar-refractivity contribution < 1.29 is 9.90 Å². The number of amides is 1. The summed E-state index contributed by atoms with van der Waals surface area (Å²) in [6.07, 6.45) is 7.62. The molecular weight excluding hydrogens is 310 g/mol. The van der Waals surface area contributed by atoms with Gasteiger partial charge in [-0.3, -0.25) is 4.79 Å². The standard InChI is InChI=1S/C20H29NO2.2CH4/c1-20(15-16-7-3-2-4-8-16)13-14-21(19(20)23)17-9-5-6-10-18(22)12-11-17;;/h2-4,7-8,17-18,22H,5-6,9-15H2,1H3;2*1H4. The Balaban J connectivity index is 0.00000156. The van der Waals surface area contributed by atoms with Crippen molar-refractivity contribution >= 4 is 5.91 Å². The number of hydrogen-bond donors (Lipinski definition) is 1. The summed E-state index contributed by atoms with van der Waals surface area (Å²) in [5.41, 5.74) is 0.987. The maximum absolute atomic E-state index is 13.1. The molecule has 1 saturated heterocycles. The second-order valence-electron chi connectivity index (χ2n) is 7.64. The van der Waals surface area contributed by atoms with Crippen molar-refractivity contribution in [2.24, 2.45) is 5.41 Å². The van der Waals surface area contributed by atoms with Gasteiger partial charge in [0, 0.05) is 12.6 Å². The summed E-state index contributed by atoms with van der Waals surface area (Å²) in [6, 6.07) is 10.7. The van der Waals surface area contributed by atoms with Gasteiger partial charge in [0.15, 0.2) is 0 Å².